The first kappa shape index (κ1) is 16.4. The van der Waals surface area contributed by atoms with Crippen molar-refractivity contribution in [3.8, 4) is 5.75 Å². The van der Waals surface area contributed by atoms with Crippen molar-refractivity contribution in [2.75, 3.05) is 43.1 Å². The molecule has 24 heavy (non-hydrogen) atoms. The summed E-state index contributed by atoms with van der Waals surface area (Å²) in [5.74, 6) is 0.773. The van der Waals surface area contributed by atoms with E-state index in [4.69, 9.17) is 4.74 Å². The number of piperazine rings is 1. The van der Waals surface area contributed by atoms with Gasteiger partial charge in [-0.05, 0) is 24.3 Å². The van der Waals surface area contributed by atoms with Crippen molar-refractivity contribution in [1.82, 2.24) is 4.98 Å². The number of pyridine rings is 1. The number of hydrogen-bond donors (Lipinski definition) is 0. The van der Waals surface area contributed by atoms with Gasteiger partial charge in [0.1, 0.15) is 11.6 Å². The number of nitrogens with zero attached hydrogens (tertiary/aromatic N) is 3. The van der Waals surface area contributed by atoms with Gasteiger partial charge in [-0.15, -0.1) is 0 Å². The van der Waals surface area contributed by atoms with Crippen LogP contribution in [0.5, 0.6) is 5.75 Å². The van der Waals surface area contributed by atoms with Crippen molar-refractivity contribution in [1.29, 1.82) is 0 Å². The molecule has 0 N–H and O–H groups in total. The van der Waals surface area contributed by atoms with E-state index in [1.165, 1.54) is 12.3 Å². The molecule has 0 aliphatic carbocycles. The number of methoxy groups -OCH3 is 1. The van der Waals surface area contributed by atoms with Crippen LogP contribution in [-0.4, -0.2) is 38.3 Å². The molecule has 2 aromatic rings. The SMILES string of the molecule is COc1cccc(N2CCN(c3ncccc3C(F)(F)F)CC2)c1. The van der Waals surface area contributed by atoms with Crippen LogP contribution >= 0.6 is 0 Å². The molecule has 0 saturated carbocycles. The number of hydrogen-bond acceptors (Lipinski definition) is 4. The quantitative estimate of drug-likeness (QED) is 0.858. The Bertz CT molecular complexity index is 697. The highest BCUT2D eigenvalue weighted by Gasteiger charge is 2.36. The van der Waals surface area contributed by atoms with E-state index in [0.29, 0.717) is 26.2 Å². The molecule has 1 fully saturated rings. The second kappa shape index (κ2) is 6.59. The molecule has 0 bridgehead atoms. The maximum Gasteiger partial charge on any atom is 0.419 e. The van der Waals surface area contributed by atoms with Crippen LogP contribution in [0.2, 0.25) is 0 Å². The zero-order valence-electron chi connectivity index (χ0n) is 13.3. The molecule has 0 spiro atoms. The fraction of sp³-hybridized carbons (Fsp3) is 0.353. The van der Waals surface area contributed by atoms with Gasteiger partial charge in [-0.2, -0.15) is 13.2 Å². The molecule has 7 heteroatoms. The lowest BCUT2D eigenvalue weighted by atomic mass is 10.2. The minimum atomic E-state index is -4.40. The van der Waals surface area contributed by atoms with E-state index in [9.17, 15) is 13.2 Å². The molecule has 0 unspecified atom stereocenters. The Labute approximate surface area is 138 Å². The maximum atomic E-state index is 13.1. The van der Waals surface area contributed by atoms with Gasteiger partial charge < -0.3 is 14.5 Å². The third kappa shape index (κ3) is 3.39. The number of rotatable bonds is 3. The number of alkyl halides is 3. The Morgan fingerprint density at radius 2 is 1.71 bits per heavy atom. The summed E-state index contributed by atoms with van der Waals surface area (Å²) in [4.78, 5) is 7.79. The van der Waals surface area contributed by atoms with Crippen LogP contribution in [0.1, 0.15) is 5.56 Å². The number of halogens is 3. The molecular formula is C17H18F3N3O. The first-order valence-electron chi connectivity index (χ1n) is 7.65. The highest BCUT2D eigenvalue weighted by atomic mass is 19.4. The van der Waals surface area contributed by atoms with Gasteiger partial charge in [0.2, 0.25) is 0 Å². The third-order valence-electron chi connectivity index (χ3n) is 4.09. The van der Waals surface area contributed by atoms with Crippen molar-refractivity contribution in [2.24, 2.45) is 0 Å². The lowest BCUT2D eigenvalue weighted by Crippen LogP contribution is -2.47. The molecule has 4 nitrogen and oxygen atoms in total. The highest BCUT2D eigenvalue weighted by Crippen LogP contribution is 2.35. The molecule has 1 aliphatic rings. The van der Waals surface area contributed by atoms with Gasteiger partial charge in [0.05, 0.1) is 12.7 Å². The Balaban J connectivity index is 1.74. The van der Waals surface area contributed by atoms with E-state index in [2.05, 4.69) is 9.88 Å². The minimum Gasteiger partial charge on any atom is -0.497 e. The lowest BCUT2D eigenvalue weighted by molar-refractivity contribution is -0.137. The normalized spacial score (nSPS) is 15.5. The van der Waals surface area contributed by atoms with Crippen molar-refractivity contribution >= 4 is 11.5 Å². The van der Waals surface area contributed by atoms with Gasteiger partial charge in [0.25, 0.3) is 0 Å². The Hall–Kier alpha value is -2.44. The molecule has 1 aliphatic heterocycles. The second-order valence-corrected chi connectivity index (χ2v) is 5.55. The summed E-state index contributed by atoms with van der Waals surface area (Å²) in [5, 5.41) is 0. The first-order valence-corrected chi connectivity index (χ1v) is 7.65. The molecule has 3 rings (SSSR count). The van der Waals surface area contributed by atoms with Gasteiger partial charge >= 0.3 is 6.18 Å². The molecule has 1 saturated heterocycles. The second-order valence-electron chi connectivity index (χ2n) is 5.55. The first-order chi connectivity index (χ1) is 11.5. The van der Waals surface area contributed by atoms with Gasteiger partial charge in [0, 0.05) is 44.1 Å². The zero-order chi connectivity index (χ0) is 17.2. The van der Waals surface area contributed by atoms with Gasteiger partial charge in [-0.1, -0.05) is 6.07 Å². The van der Waals surface area contributed by atoms with E-state index in [0.717, 1.165) is 17.5 Å². The highest BCUT2D eigenvalue weighted by molar-refractivity contribution is 5.54. The molecule has 1 aromatic heterocycles. The molecule has 2 heterocycles. The van der Waals surface area contributed by atoms with E-state index in [1.54, 1.807) is 12.0 Å². The molecule has 0 atom stereocenters. The summed E-state index contributed by atoms with van der Waals surface area (Å²) in [6.45, 7) is 2.22. The summed E-state index contributed by atoms with van der Waals surface area (Å²) < 4.78 is 44.6. The van der Waals surface area contributed by atoms with Crippen LogP contribution in [0, 0.1) is 0 Å². The molecule has 1 aromatic carbocycles. The fourth-order valence-electron chi connectivity index (χ4n) is 2.85. The monoisotopic (exact) mass is 337 g/mol. The van der Waals surface area contributed by atoms with Crippen LogP contribution in [0.4, 0.5) is 24.7 Å². The number of benzene rings is 1. The summed E-state index contributed by atoms with van der Waals surface area (Å²) in [6.07, 6.45) is -2.99. The number of ether oxygens (including phenoxy) is 1. The maximum absolute atomic E-state index is 13.1. The van der Waals surface area contributed by atoms with Gasteiger partial charge in [0.15, 0.2) is 0 Å². The number of anilines is 2. The Kier molecular flexibility index (Phi) is 4.51. The van der Waals surface area contributed by atoms with Crippen molar-refractivity contribution in [2.45, 2.75) is 6.18 Å². The van der Waals surface area contributed by atoms with Crippen molar-refractivity contribution in [3.63, 3.8) is 0 Å². The Morgan fingerprint density at radius 3 is 2.38 bits per heavy atom. The predicted molar refractivity (Wildman–Crippen MR) is 86.7 cm³/mol. The Morgan fingerprint density at radius 1 is 1.00 bits per heavy atom. The number of aromatic nitrogens is 1. The largest absolute Gasteiger partial charge is 0.497 e. The topological polar surface area (TPSA) is 28.6 Å². The summed E-state index contributed by atoms with van der Waals surface area (Å²) in [7, 11) is 1.61. The van der Waals surface area contributed by atoms with Crippen molar-refractivity contribution in [3.05, 3.63) is 48.2 Å². The van der Waals surface area contributed by atoms with Crippen LogP contribution in [0.25, 0.3) is 0 Å². The van der Waals surface area contributed by atoms with Gasteiger partial charge in [-0.25, -0.2) is 4.98 Å². The van der Waals surface area contributed by atoms with E-state index in [1.807, 2.05) is 24.3 Å². The molecule has 0 amide bonds. The fourth-order valence-corrected chi connectivity index (χ4v) is 2.85. The van der Waals surface area contributed by atoms with E-state index >= 15 is 0 Å². The predicted octanol–water partition coefficient (Wildman–Crippen LogP) is 3.44. The van der Waals surface area contributed by atoms with Crippen LogP contribution in [-0.2, 0) is 6.18 Å². The lowest BCUT2D eigenvalue weighted by Gasteiger charge is -2.37. The zero-order valence-corrected chi connectivity index (χ0v) is 13.3. The van der Waals surface area contributed by atoms with Gasteiger partial charge in [-0.3, -0.25) is 0 Å². The summed E-state index contributed by atoms with van der Waals surface area (Å²) in [6, 6.07) is 10.1. The minimum absolute atomic E-state index is 0.00953. The van der Waals surface area contributed by atoms with E-state index < -0.39 is 11.7 Å². The molecular weight excluding hydrogens is 319 g/mol. The standard InChI is InChI=1S/C17H18F3N3O/c1-24-14-5-2-4-13(12-14)22-8-10-23(11-9-22)16-15(17(18,19)20)6-3-7-21-16/h2-7,12H,8-11H2,1H3. The van der Waals surface area contributed by atoms with Crippen LogP contribution in [0.15, 0.2) is 42.6 Å². The smallest absolute Gasteiger partial charge is 0.419 e. The molecule has 0 radical (unpaired) electrons. The summed E-state index contributed by atoms with van der Waals surface area (Å²) >= 11 is 0. The van der Waals surface area contributed by atoms with Crippen molar-refractivity contribution < 1.29 is 17.9 Å². The average Bonchev–Trinajstić information content (AvgIpc) is 2.61. The summed E-state index contributed by atoms with van der Waals surface area (Å²) in [5.41, 5.74) is 0.325. The van der Waals surface area contributed by atoms with E-state index in [-0.39, 0.29) is 5.82 Å². The average molecular weight is 337 g/mol. The van der Waals surface area contributed by atoms with Crippen LogP contribution < -0.4 is 14.5 Å². The molecule has 128 valence electrons. The van der Waals surface area contributed by atoms with Crippen LogP contribution in [0.3, 0.4) is 0 Å². The third-order valence-corrected chi connectivity index (χ3v) is 4.09.